The summed E-state index contributed by atoms with van der Waals surface area (Å²) in [4.78, 5) is 29.1. The van der Waals surface area contributed by atoms with Crippen LogP contribution in [-0.2, 0) is 0 Å². The topological polar surface area (TPSA) is 100 Å². The molecule has 2 aromatic heterocycles. The van der Waals surface area contributed by atoms with E-state index in [1.807, 2.05) is 0 Å². The van der Waals surface area contributed by atoms with E-state index < -0.39 is 0 Å². The van der Waals surface area contributed by atoms with Crippen LogP contribution in [0.1, 0.15) is 28.2 Å². The summed E-state index contributed by atoms with van der Waals surface area (Å²) in [6.45, 7) is 9.88. The highest BCUT2D eigenvalue weighted by molar-refractivity contribution is 5.89. The molecule has 1 fully saturated rings. The van der Waals surface area contributed by atoms with Gasteiger partial charge in [0.2, 0.25) is 5.82 Å². The molecule has 162 valence electrons. The van der Waals surface area contributed by atoms with E-state index in [9.17, 15) is 4.79 Å². The largest absolute Gasteiger partial charge is 0.369 e. The Labute approximate surface area is 181 Å². The number of benzene rings is 1. The van der Waals surface area contributed by atoms with Crippen molar-refractivity contribution in [2.45, 2.75) is 20.3 Å². The van der Waals surface area contributed by atoms with Gasteiger partial charge in [-0.25, -0.2) is 9.97 Å². The molecule has 1 aliphatic heterocycles. The van der Waals surface area contributed by atoms with E-state index in [1.165, 1.54) is 23.1 Å². The molecule has 1 N–H and O–H groups in total. The number of carbonyl (C=O) groups is 1. The SMILES string of the molecule is Cc1ccc(C)c(N2CCN(CCCNC(=O)c3nc(-c4ccncn4)no3)CC2)c1. The van der Waals surface area contributed by atoms with E-state index in [-0.39, 0.29) is 17.6 Å². The summed E-state index contributed by atoms with van der Waals surface area (Å²) < 4.78 is 5.05. The van der Waals surface area contributed by atoms with E-state index in [4.69, 9.17) is 4.52 Å². The third kappa shape index (κ3) is 5.24. The maximum Gasteiger partial charge on any atom is 0.316 e. The van der Waals surface area contributed by atoms with E-state index in [1.54, 1.807) is 12.3 Å². The number of rotatable bonds is 7. The first-order valence-corrected chi connectivity index (χ1v) is 10.5. The number of aryl methyl sites for hydroxylation is 2. The van der Waals surface area contributed by atoms with Gasteiger partial charge in [-0.3, -0.25) is 9.69 Å². The zero-order chi connectivity index (χ0) is 21.6. The van der Waals surface area contributed by atoms with Gasteiger partial charge in [0.1, 0.15) is 12.0 Å². The van der Waals surface area contributed by atoms with Gasteiger partial charge in [-0.15, -0.1) is 0 Å². The number of piperazine rings is 1. The number of hydrogen-bond donors (Lipinski definition) is 1. The van der Waals surface area contributed by atoms with Crippen LogP contribution in [0.3, 0.4) is 0 Å². The van der Waals surface area contributed by atoms with Gasteiger partial charge in [-0.05, 0) is 50.1 Å². The summed E-state index contributed by atoms with van der Waals surface area (Å²) in [5, 5.41) is 6.65. The Morgan fingerprint density at radius 3 is 2.77 bits per heavy atom. The fourth-order valence-electron chi connectivity index (χ4n) is 3.70. The Bertz CT molecular complexity index is 1010. The third-order valence-electron chi connectivity index (χ3n) is 5.45. The first kappa shape index (κ1) is 20.9. The van der Waals surface area contributed by atoms with Crippen molar-refractivity contribution in [2.75, 3.05) is 44.2 Å². The van der Waals surface area contributed by atoms with Gasteiger partial charge in [-0.1, -0.05) is 17.3 Å². The normalized spacial score (nSPS) is 14.6. The minimum Gasteiger partial charge on any atom is -0.369 e. The van der Waals surface area contributed by atoms with Gasteiger partial charge < -0.3 is 14.7 Å². The van der Waals surface area contributed by atoms with Crippen LogP contribution in [-0.4, -0.2) is 70.2 Å². The van der Waals surface area contributed by atoms with Crippen LogP contribution < -0.4 is 10.2 Å². The lowest BCUT2D eigenvalue weighted by atomic mass is 10.1. The second kappa shape index (κ2) is 9.65. The molecule has 1 aromatic carbocycles. The number of anilines is 1. The fraction of sp³-hybridized carbons (Fsp3) is 0.409. The summed E-state index contributed by atoms with van der Waals surface area (Å²) in [6.07, 6.45) is 3.84. The predicted molar refractivity (Wildman–Crippen MR) is 117 cm³/mol. The first-order chi connectivity index (χ1) is 15.1. The Morgan fingerprint density at radius 1 is 1.16 bits per heavy atom. The summed E-state index contributed by atoms with van der Waals surface area (Å²) in [5.74, 6) is -0.155. The molecule has 9 heteroatoms. The standard InChI is InChI=1S/C22H27N7O2/c1-16-4-5-17(2)19(14-16)29-12-10-28(11-13-29)9-3-7-24-21(30)22-26-20(27-31-22)18-6-8-23-15-25-18/h4-6,8,14-15H,3,7,9-13H2,1-2H3,(H,24,30). The smallest absolute Gasteiger partial charge is 0.316 e. The molecule has 0 radical (unpaired) electrons. The Kier molecular flexibility index (Phi) is 6.51. The van der Waals surface area contributed by atoms with Crippen molar-refractivity contribution in [3.63, 3.8) is 0 Å². The number of nitrogens with one attached hydrogen (secondary N) is 1. The fourth-order valence-corrected chi connectivity index (χ4v) is 3.70. The summed E-state index contributed by atoms with van der Waals surface area (Å²) in [6, 6.07) is 8.29. The highest BCUT2D eigenvalue weighted by Crippen LogP contribution is 2.22. The molecule has 3 aromatic rings. The van der Waals surface area contributed by atoms with Crippen LogP contribution in [0, 0.1) is 13.8 Å². The highest BCUT2D eigenvalue weighted by Gasteiger charge is 2.19. The lowest BCUT2D eigenvalue weighted by molar-refractivity contribution is 0.0907. The Balaban J connectivity index is 1.18. The molecule has 1 saturated heterocycles. The third-order valence-corrected chi connectivity index (χ3v) is 5.45. The van der Waals surface area contributed by atoms with Crippen LogP contribution in [0.5, 0.6) is 0 Å². The molecule has 3 heterocycles. The number of carbonyl (C=O) groups excluding carboxylic acids is 1. The molecule has 0 bridgehead atoms. The molecular weight excluding hydrogens is 394 g/mol. The molecule has 0 saturated carbocycles. The van der Waals surface area contributed by atoms with Crippen molar-refractivity contribution in [3.8, 4) is 11.5 Å². The van der Waals surface area contributed by atoms with Crippen molar-refractivity contribution in [1.82, 2.24) is 30.3 Å². The molecule has 0 aliphatic carbocycles. The highest BCUT2D eigenvalue weighted by atomic mass is 16.5. The van der Waals surface area contributed by atoms with E-state index in [2.05, 4.69) is 67.3 Å². The van der Waals surface area contributed by atoms with Crippen LogP contribution in [0.15, 0.2) is 41.3 Å². The van der Waals surface area contributed by atoms with Gasteiger partial charge in [0.15, 0.2) is 0 Å². The zero-order valence-electron chi connectivity index (χ0n) is 17.9. The van der Waals surface area contributed by atoms with Gasteiger partial charge in [0.25, 0.3) is 0 Å². The number of aromatic nitrogens is 4. The molecule has 31 heavy (non-hydrogen) atoms. The monoisotopic (exact) mass is 421 g/mol. The summed E-state index contributed by atoms with van der Waals surface area (Å²) in [5.41, 5.74) is 4.47. The predicted octanol–water partition coefficient (Wildman–Crippen LogP) is 2.09. The lowest BCUT2D eigenvalue weighted by Crippen LogP contribution is -2.47. The van der Waals surface area contributed by atoms with Crippen LogP contribution >= 0.6 is 0 Å². The van der Waals surface area contributed by atoms with Crippen molar-refractivity contribution < 1.29 is 9.32 Å². The second-order valence-corrected chi connectivity index (χ2v) is 7.75. The maximum atomic E-state index is 12.2. The Hall–Kier alpha value is -3.33. The van der Waals surface area contributed by atoms with E-state index >= 15 is 0 Å². The molecule has 9 nitrogen and oxygen atoms in total. The molecule has 0 unspecified atom stereocenters. The minimum atomic E-state index is -0.368. The molecule has 4 rings (SSSR count). The van der Waals surface area contributed by atoms with Crippen LogP contribution in [0.25, 0.3) is 11.5 Å². The minimum absolute atomic E-state index is 0.0595. The van der Waals surface area contributed by atoms with Crippen molar-refractivity contribution >= 4 is 11.6 Å². The number of nitrogens with zero attached hydrogens (tertiary/aromatic N) is 6. The quantitative estimate of drug-likeness (QED) is 0.579. The van der Waals surface area contributed by atoms with Gasteiger partial charge in [0.05, 0.1) is 0 Å². The van der Waals surface area contributed by atoms with Crippen molar-refractivity contribution in [2.24, 2.45) is 0 Å². The molecular formula is C22H27N7O2. The summed E-state index contributed by atoms with van der Waals surface area (Å²) >= 11 is 0. The van der Waals surface area contributed by atoms with Gasteiger partial charge in [0, 0.05) is 44.6 Å². The molecule has 0 atom stereocenters. The van der Waals surface area contributed by atoms with Gasteiger partial charge >= 0.3 is 11.8 Å². The van der Waals surface area contributed by atoms with Crippen LogP contribution in [0.2, 0.25) is 0 Å². The maximum absolute atomic E-state index is 12.2. The first-order valence-electron chi connectivity index (χ1n) is 10.5. The van der Waals surface area contributed by atoms with E-state index in [0.29, 0.717) is 12.2 Å². The van der Waals surface area contributed by atoms with Crippen molar-refractivity contribution in [3.05, 3.63) is 53.8 Å². The average Bonchev–Trinajstić information content (AvgIpc) is 3.30. The molecule has 1 amide bonds. The van der Waals surface area contributed by atoms with Crippen LogP contribution in [0.4, 0.5) is 5.69 Å². The summed E-state index contributed by atoms with van der Waals surface area (Å²) in [7, 11) is 0. The molecule has 0 spiro atoms. The second-order valence-electron chi connectivity index (χ2n) is 7.75. The molecule has 1 aliphatic rings. The number of hydrogen-bond acceptors (Lipinski definition) is 8. The van der Waals surface area contributed by atoms with E-state index in [0.717, 1.165) is 39.1 Å². The Morgan fingerprint density at radius 2 is 2.00 bits per heavy atom. The van der Waals surface area contributed by atoms with Crippen molar-refractivity contribution in [1.29, 1.82) is 0 Å². The lowest BCUT2D eigenvalue weighted by Gasteiger charge is -2.37. The zero-order valence-corrected chi connectivity index (χ0v) is 17.9. The van der Waals surface area contributed by atoms with Gasteiger partial charge in [-0.2, -0.15) is 4.98 Å². The number of amides is 1. The average molecular weight is 422 g/mol.